The highest BCUT2D eigenvalue weighted by Gasteiger charge is 2.30. The predicted octanol–water partition coefficient (Wildman–Crippen LogP) is 5.11. The average Bonchev–Trinajstić information content (AvgIpc) is 3.32. The molecule has 1 aromatic heterocycles. The van der Waals surface area contributed by atoms with Crippen molar-refractivity contribution >= 4 is 35.2 Å². The Morgan fingerprint density at radius 3 is 2.38 bits per heavy atom. The monoisotopic (exact) mass is 545 g/mol. The summed E-state index contributed by atoms with van der Waals surface area (Å²) in [6.07, 6.45) is 2.49. The average molecular weight is 546 g/mol. The van der Waals surface area contributed by atoms with Crippen LogP contribution in [0.15, 0.2) is 53.1 Å². The summed E-state index contributed by atoms with van der Waals surface area (Å²) in [4.78, 5) is 30.8. The number of amides is 2. The summed E-state index contributed by atoms with van der Waals surface area (Å²) in [5, 5.41) is 9.79. The molecule has 1 saturated carbocycles. The van der Waals surface area contributed by atoms with Crippen LogP contribution in [0.1, 0.15) is 37.3 Å². The van der Waals surface area contributed by atoms with Gasteiger partial charge in [0.2, 0.25) is 11.7 Å². The van der Waals surface area contributed by atoms with E-state index in [2.05, 4.69) is 64.0 Å². The molecule has 1 atom stereocenters. The Labute approximate surface area is 225 Å². The summed E-state index contributed by atoms with van der Waals surface area (Å²) in [5.41, 5.74) is 1.67. The van der Waals surface area contributed by atoms with Gasteiger partial charge in [0, 0.05) is 12.1 Å². The van der Waals surface area contributed by atoms with Crippen molar-refractivity contribution in [3.05, 3.63) is 64.1 Å². The van der Waals surface area contributed by atoms with E-state index in [9.17, 15) is 9.59 Å². The first-order chi connectivity index (χ1) is 17.8. The van der Waals surface area contributed by atoms with Crippen molar-refractivity contribution in [3.8, 4) is 17.5 Å². The van der Waals surface area contributed by atoms with Crippen molar-refractivity contribution in [2.75, 3.05) is 20.6 Å². The van der Waals surface area contributed by atoms with Crippen molar-refractivity contribution in [2.45, 2.75) is 37.8 Å². The van der Waals surface area contributed by atoms with E-state index in [0.29, 0.717) is 27.6 Å². The summed E-state index contributed by atoms with van der Waals surface area (Å²) in [7, 11) is 4.22. The van der Waals surface area contributed by atoms with Gasteiger partial charge in [-0.2, -0.15) is 4.98 Å². The van der Waals surface area contributed by atoms with Gasteiger partial charge in [-0.1, -0.05) is 64.8 Å². The summed E-state index contributed by atoms with van der Waals surface area (Å²) in [6, 6.07) is 15.9. The molecule has 1 aliphatic rings. The second kappa shape index (κ2) is 12.4. The molecule has 1 unspecified atom stereocenters. The lowest BCUT2D eigenvalue weighted by atomic mass is 9.78. The Morgan fingerprint density at radius 1 is 1.05 bits per heavy atom. The zero-order valence-electron chi connectivity index (χ0n) is 20.6. The number of nitrogens with one attached hydrogen (secondary N) is 2. The number of carbonyl (C=O) groups is 2. The molecule has 1 fully saturated rings. The maximum absolute atomic E-state index is 12.4. The number of rotatable bonds is 8. The molecule has 0 radical (unpaired) electrons. The lowest BCUT2D eigenvalue weighted by molar-refractivity contribution is -0.121. The van der Waals surface area contributed by atoms with Gasteiger partial charge in [-0.05, 0) is 63.4 Å². The lowest BCUT2D eigenvalue weighted by Crippen LogP contribution is -2.44. The van der Waals surface area contributed by atoms with Gasteiger partial charge in [0.15, 0.2) is 0 Å². The topological polar surface area (TPSA) is 110 Å². The molecule has 2 N–H and O–H groups in total. The van der Waals surface area contributed by atoms with Gasteiger partial charge >= 0.3 is 12.2 Å². The van der Waals surface area contributed by atoms with E-state index >= 15 is 0 Å². The molecule has 37 heavy (non-hydrogen) atoms. The van der Waals surface area contributed by atoms with E-state index < -0.39 is 12.2 Å². The van der Waals surface area contributed by atoms with Crippen LogP contribution in [-0.2, 0) is 4.79 Å². The summed E-state index contributed by atoms with van der Waals surface area (Å²) >= 11 is 12.3. The fraction of sp³-hybridized carbons (Fsp3) is 0.385. The van der Waals surface area contributed by atoms with Crippen molar-refractivity contribution in [3.63, 3.8) is 0 Å². The quantitative estimate of drug-likeness (QED) is 0.404. The Hall–Kier alpha value is -3.14. The van der Waals surface area contributed by atoms with Gasteiger partial charge < -0.3 is 20.3 Å². The predicted molar refractivity (Wildman–Crippen MR) is 141 cm³/mol. The smallest absolute Gasteiger partial charge is 0.359 e. The van der Waals surface area contributed by atoms with E-state index in [4.69, 9.17) is 32.5 Å². The SMILES string of the molecule is CN(C)C(c1ccccc1)C1CCC(NC(=O)CNC(=O)Oc2nc(-c3c(Cl)cccc3Cl)no2)CC1. The fourth-order valence-corrected chi connectivity index (χ4v) is 5.40. The number of aromatic nitrogens is 2. The minimum atomic E-state index is -0.893. The molecule has 0 saturated heterocycles. The Bertz CT molecular complexity index is 1190. The first-order valence-corrected chi connectivity index (χ1v) is 12.8. The van der Waals surface area contributed by atoms with Gasteiger partial charge in [-0.25, -0.2) is 4.79 Å². The summed E-state index contributed by atoms with van der Waals surface area (Å²) in [5.74, 6) is 0.302. The Morgan fingerprint density at radius 2 is 1.73 bits per heavy atom. The number of halogens is 2. The van der Waals surface area contributed by atoms with Crippen LogP contribution in [0.5, 0.6) is 6.08 Å². The van der Waals surface area contributed by atoms with Crippen LogP contribution in [0, 0.1) is 5.92 Å². The molecule has 0 aliphatic heterocycles. The summed E-state index contributed by atoms with van der Waals surface area (Å²) in [6.45, 7) is -0.236. The van der Waals surface area contributed by atoms with Crippen LogP contribution in [0.25, 0.3) is 11.4 Å². The number of carbonyl (C=O) groups excluding carboxylic acids is 2. The van der Waals surface area contributed by atoms with Crippen LogP contribution in [0.4, 0.5) is 4.79 Å². The van der Waals surface area contributed by atoms with Crippen molar-refractivity contribution in [2.24, 2.45) is 5.92 Å². The maximum atomic E-state index is 12.4. The Balaban J connectivity index is 1.21. The highest BCUT2D eigenvalue weighted by Crippen LogP contribution is 2.37. The number of hydrogen-bond donors (Lipinski definition) is 2. The molecule has 0 bridgehead atoms. The molecule has 9 nitrogen and oxygen atoms in total. The first kappa shape index (κ1) is 26.9. The molecular weight excluding hydrogens is 517 g/mol. The van der Waals surface area contributed by atoms with E-state index in [1.54, 1.807) is 18.2 Å². The maximum Gasteiger partial charge on any atom is 0.426 e. The molecule has 2 aromatic carbocycles. The largest absolute Gasteiger partial charge is 0.426 e. The second-order valence-electron chi connectivity index (χ2n) is 9.22. The minimum Gasteiger partial charge on any atom is -0.359 e. The molecule has 11 heteroatoms. The van der Waals surface area contributed by atoms with E-state index in [0.717, 1.165) is 25.7 Å². The van der Waals surface area contributed by atoms with Gasteiger partial charge in [-0.15, -0.1) is 0 Å². The molecule has 4 rings (SSSR count). The van der Waals surface area contributed by atoms with Crippen molar-refractivity contribution in [1.29, 1.82) is 0 Å². The zero-order chi connectivity index (χ0) is 26.4. The molecule has 196 valence electrons. The van der Waals surface area contributed by atoms with Crippen LogP contribution in [0.2, 0.25) is 10.0 Å². The third-order valence-electron chi connectivity index (χ3n) is 6.45. The highest BCUT2D eigenvalue weighted by molar-refractivity contribution is 6.38. The number of ether oxygens (including phenoxy) is 1. The Kier molecular flexibility index (Phi) is 9.02. The molecular formula is C26H29Cl2N5O4. The van der Waals surface area contributed by atoms with Gasteiger partial charge in [0.1, 0.15) is 6.54 Å². The molecule has 1 aliphatic carbocycles. The standard InChI is InChI=1S/C26H29Cl2N5O4/c1-33(2)23(16-7-4-3-5-8-16)17-11-13-18(14-12-17)30-21(34)15-29-25(35)36-26-31-24(32-37-26)22-19(27)9-6-10-20(22)28/h3-10,17-18,23H,11-15H2,1-2H3,(H,29,35)(H,30,34). The lowest BCUT2D eigenvalue weighted by Gasteiger charge is -2.37. The first-order valence-electron chi connectivity index (χ1n) is 12.1. The van der Waals surface area contributed by atoms with Crippen LogP contribution < -0.4 is 15.4 Å². The van der Waals surface area contributed by atoms with Crippen LogP contribution in [0.3, 0.4) is 0 Å². The van der Waals surface area contributed by atoms with Gasteiger partial charge in [0.05, 0.1) is 15.6 Å². The number of benzene rings is 2. The normalized spacial score (nSPS) is 18.3. The fourth-order valence-electron chi connectivity index (χ4n) is 4.83. The molecule has 1 heterocycles. The number of nitrogens with zero attached hydrogens (tertiary/aromatic N) is 3. The van der Waals surface area contributed by atoms with Gasteiger partial charge in [-0.3, -0.25) is 9.32 Å². The molecule has 2 amide bonds. The van der Waals surface area contributed by atoms with E-state index in [1.807, 2.05) is 6.07 Å². The van der Waals surface area contributed by atoms with E-state index in [1.165, 1.54) is 5.56 Å². The van der Waals surface area contributed by atoms with Crippen molar-refractivity contribution < 1.29 is 18.8 Å². The van der Waals surface area contributed by atoms with Crippen LogP contribution >= 0.6 is 23.2 Å². The molecule has 0 spiro atoms. The minimum absolute atomic E-state index is 0.0685. The third-order valence-corrected chi connectivity index (χ3v) is 7.08. The third kappa shape index (κ3) is 7.00. The number of hydrogen-bond acceptors (Lipinski definition) is 7. The van der Waals surface area contributed by atoms with Crippen LogP contribution in [-0.4, -0.2) is 53.7 Å². The zero-order valence-corrected chi connectivity index (χ0v) is 22.1. The molecule has 3 aromatic rings. The highest BCUT2D eigenvalue weighted by atomic mass is 35.5. The van der Waals surface area contributed by atoms with Gasteiger partial charge in [0.25, 0.3) is 0 Å². The van der Waals surface area contributed by atoms with E-state index in [-0.39, 0.29) is 24.3 Å². The summed E-state index contributed by atoms with van der Waals surface area (Å²) < 4.78 is 9.92. The second-order valence-corrected chi connectivity index (χ2v) is 10.0. The van der Waals surface area contributed by atoms with Crippen molar-refractivity contribution in [1.82, 2.24) is 25.7 Å².